The summed E-state index contributed by atoms with van der Waals surface area (Å²) < 4.78 is 56.9. The summed E-state index contributed by atoms with van der Waals surface area (Å²) >= 11 is 0. The smallest absolute Gasteiger partial charge is 0.324 e. The van der Waals surface area contributed by atoms with Gasteiger partial charge in [-0.3, -0.25) is 9.59 Å². The van der Waals surface area contributed by atoms with Gasteiger partial charge in [0.25, 0.3) is 0 Å². The number of fused-ring (bicyclic) bond motifs is 1. The van der Waals surface area contributed by atoms with E-state index in [0.717, 1.165) is 11.1 Å². The van der Waals surface area contributed by atoms with Crippen molar-refractivity contribution in [1.82, 2.24) is 4.72 Å². The van der Waals surface area contributed by atoms with Crippen LogP contribution in [0.4, 0.5) is 0 Å². The number of carbonyl (C=O) groups is 2. The van der Waals surface area contributed by atoms with E-state index in [2.05, 4.69) is 4.72 Å². The van der Waals surface area contributed by atoms with E-state index in [-0.39, 0.29) is 36.5 Å². The number of hydrogen-bond acceptors (Lipinski definition) is 9. The Balaban J connectivity index is 1.42. The molecule has 2 heterocycles. The van der Waals surface area contributed by atoms with Gasteiger partial charge in [-0.05, 0) is 44.9 Å². The van der Waals surface area contributed by atoms with Crippen LogP contribution >= 0.6 is 0 Å². The van der Waals surface area contributed by atoms with Crippen molar-refractivity contribution in [2.75, 3.05) is 7.11 Å². The van der Waals surface area contributed by atoms with Crippen molar-refractivity contribution in [2.24, 2.45) is 0 Å². The Hall–Kier alpha value is -2.67. The summed E-state index contributed by atoms with van der Waals surface area (Å²) in [6.45, 7) is 5.38. The lowest BCUT2D eigenvalue weighted by molar-refractivity contribution is -0.227. The summed E-state index contributed by atoms with van der Waals surface area (Å²) in [6, 6.07) is 14.0. The molecular weight excluding hydrogens is 526 g/mol. The van der Waals surface area contributed by atoms with Gasteiger partial charge >= 0.3 is 5.97 Å². The second-order valence-electron chi connectivity index (χ2n) is 10.2. The number of nitrogens with one attached hydrogen (secondary N) is 1. The van der Waals surface area contributed by atoms with Gasteiger partial charge in [0.2, 0.25) is 10.0 Å². The normalized spacial score (nSPS) is 24.7. The highest BCUT2D eigenvalue weighted by molar-refractivity contribution is 7.89. The first-order chi connectivity index (χ1) is 18.5. The Morgan fingerprint density at radius 1 is 1.03 bits per heavy atom. The molecule has 0 saturated carbocycles. The number of esters is 1. The van der Waals surface area contributed by atoms with E-state index in [0.29, 0.717) is 0 Å². The lowest BCUT2D eigenvalue weighted by atomic mass is 10.0. The first kappa shape index (κ1) is 29.3. The maximum Gasteiger partial charge on any atom is 0.324 e. The Kier molecular flexibility index (Phi) is 9.20. The van der Waals surface area contributed by atoms with Gasteiger partial charge in [-0.2, -0.15) is 4.72 Å². The van der Waals surface area contributed by atoms with Gasteiger partial charge in [0.1, 0.15) is 30.6 Å². The lowest BCUT2D eigenvalue weighted by Gasteiger charge is -2.23. The van der Waals surface area contributed by atoms with E-state index in [1.54, 1.807) is 38.1 Å². The van der Waals surface area contributed by atoms with E-state index in [4.69, 9.17) is 23.7 Å². The van der Waals surface area contributed by atoms with Crippen LogP contribution in [0.25, 0.3) is 0 Å². The number of Topliss-reactive ketones (excluding diaryl/α,β-unsaturated/α-hetero) is 1. The summed E-state index contributed by atoms with van der Waals surface area (Å²) in [5, 5.41) is 0. The Labute approximate surface area is 229 Å². The molecule has 0 unspecified atom stereocenters. The lowest BCUT2D eigenvalue weighted by Crippen LogP contribution is -2.42. The van der Waals surface area contributed by atoms with E-state index in [1.807, 2.05) is 25.1 Å². The molecule has 212 valence electrons. The molecule has 11 heteroatoms. The molecule has 4 rings (SSSR count). The van der Waals surface area contributed by atoms with E-state index >= 15 is 0 Å². The van der Waals surface area contributed by atoms with Gasteiger partial charge in [-0.1, -0.05) is 48.0 Å². The minimum atomic E-state index is -4.05. The molecule has 2 aromatic rings. The van der Waals surface area contributed by atoms with Crippen LogP contribution in [-0.2, 0) is 49.9 Å². The number of benzene rings is 2. The van der Waals surface area contributed by atoms with E-state index in [9.17, 15) is 18.0 Å². The standard InChI is InChI=1S/C28H35NO9S/c1-18-10-13-21(14-11-18)39(32,33)29-22(26(31)35-17-19-8-6-5-7-9-19)15-12-20(30)16-23-24-25(27(34-4)36-23)38-28(2,3)37-24/h5-11,13-14,22-25,27,29H,12,15-17H2,1-4H3/t22-,23+,24+,25+,27+/m0/s1. The van der Waals surface area contributed by atoms with Gasteiger partial charge in [-0.25, -0.2) is 8.42 Å². The fourth-order valence-electron chi connectivity index (χ4n) is 4.66. The number of aryl methyl sites for hydroxylation is 1. The monoisotopic (exact) mass is 561 g/mol. The summed E-state index contributed by atoms with van der Waals surface area (Å²) in [5.41, 5.74) is 1.65. The SMILES string of the molecule is CO[C@@H]1O[C@H](CC(=O)CC[C@H](NS(=O)(=O)c2ccc(C)cc2)C(=O)OCc2ccccc2)[C@H]2OC(C)(C)O[C@@H]12. The van der Waals surface area contributed by atoms with E-state index in [1.165, 1.54) is 19.2 Å². The largest absolute Gasteiger partial charge is 0.460 e. The van der Waals surface area contributed by atoms with Crippen LogP contribution in [0.1, 0.15) is 44.2 Å². The third kappa shape index (κ3) is 7.50. The molecule has 0 radical (unpaired) electrons. The van der Waals surface area contributed by atoms with Gasteiger partial charge in [0, 0.05) is 20.0 Å². The molecule has 2 saturated heterocycles. The molecule has 0 aliphatic carbocycles. The van der Waals surface area contributed by atoms with Gasteiger partial charge < -0.3 is 23.7 Å². The van der Waals surface area contributed by atoms with Crippen LogP contribution in [0.3, 0.4) is 0 Å². The summed E-state index contributed by atoms with van der Waals surface area (Å²) in [4.78, 5) is 26.0. The molecule has 2 aliphatic heterocycles. The van der Waals surface area contributed by atoms with Crippen LogP contribution in [0.5, 0.6) is 0 Å². The zero-order valence-electron chi connectivity index (χ0n) is 22.5. The number of ether oxygens (including phenoxy) is 5. The van der Waals surface area contributed by atoms with Crippen LogP contribution in [0.2, 0.25) is 0 Å². The molecule has 2 aromatic carbocycles. The number of rotatable bonds is 12. The molecule has 5 atom stereocenters. The summed E-state index contributed by atoms with van der Waals surface area (Å²) in [7, 11) is -2.56. The van der Waals surface area contributed by atoms with Crippen molar-refractivity contribution in [1.29, 1.82) is 0 Å². The highest BCUT2D eigenvalue weighted by Gasteiger charge is 2.55. The Morgan fingerprint density at radius 3 is 2.36 bits per heavy atom. The van der Waals surface area contributed by atoms with Crippen molar-refractivity contribution in [3.63, 3.8) is 0 Å². The summed E-state index contributed by atoms with van der Waals surface area (Å²) in [6.07, 6.45) is -2.39. The fourth-order valence-corrected chi connectivity index (χ4v) is 5.87. The number of methoxy groups -OCH3 is 1. The summed E-state index contributed by atoms with van der Waals surface area (Å²) in [5.74, 6) is -1.83. The predicted octanol–water partition coefficient (Wildman–Crippen LogP) is 3.02. The second-order valence-corrected chi connectivity index (χ2v) is 11.9. The first-order valence-corrected chi connectivity index (χ1v) is 14.3. The molecule has 1 N–H and O–H groups in total. The van der Waals surface area contributed by atoms with Gasteiger partial charge in [-0.15, -0.1) is 0 Å². The molecule has 0 bridgehead atoms. The average molecular weight is 562 g/mol. The number of sulfonamides is 1. The third-order valence-electron chi connectivity index (χ3n) is 6.62. The molecule has 0 spiro atoms. The quantitative estimate of drug-likeness (QED) is 0.389. The number of carbonyl (C=O) groups excluding carboxylic acids is 2. The number of ketones is 1. The average Bonchev–Trinajstić information content (AvgIpc) is 3.38. The molecule has 0 amide bonds. The highest BCUT2D eigenvalue weighted by Crippen LogP contribution is 2.40. The maximum absolute atomic E-state index is 13.0. The van der Waals surface area contributed by atoms with Gasteiger partial charge in [0.05, 0.1) is 11.0 Å². The highest BCUT2D eigenvalue weighted by atomic mass is 32.2. The van der Waals surface area contributed by atoms with Crippen molar-refractivity contribution in [2.45, 2.75) is 88.0 Å². The fraction of sp³-hybridized carbons (Fsp3) is 0.500. The molecule has 0 aromatic heterocycles. The Morgan fingerprint density at radius 2 is 1.69 bits per heavy atom. The molecule has 2 aliphatic rings. The molecule has 10 nitrogen and oxygen atoms in total. The van der Waals surface area contributed by atoms with Crippen molar-refractivity contribution < 1.29 is 41.7 Å². The van der Waals surface area contributed by atoms with Crippen LogP contribution in [-0.4, -0.2) is 63.7 Å². The third-order valence-corrected chi connectivity index (χ3v) is 8.10. The minimum Gasteiger partial charge on any atom is -0.460 e. The maximum atomic E-state index is 13.0. The van der Waals surface area contributed by atoms with Gasteiger partial charge in [0.15, 0.2) is 12.1 Å². The van der Waals surface area contributed by atoms with Crippen LogP contribution < -0.4 is 4.72 Å². The number of hydrogen-bond donors (Lipinski definition) is 1. The van der Waals surface area contributed by atoms with Crippen LogP contribution in [0.15, 0.2) is 59.5 Å². The zero-order valence-corrected chi connectivity index (χ0v) is 23.3. The Bertz CT molecular complexity index is 1250. The second kappa shape index (κ2) is 12.2. The van der Waals surface area contributed by atoms with Crippen molar-refractivity contribution in [3.05, 3.63) is 65.7 Å². The van der Waals surface area contributed by atoms with Crippen molar-refractivity contribution >= 4 is 21.8 Å². The van der Waals surface area contributed by atoms with E-state index < -0.39 is 52.4 Å². The zero-order chi connectivity index (χ0) is 28.2. The topological polar surface area (TPSA) is 126 Å². The van der Waals surface area contributed by atoms with Crippen LogP contribution in [0, 0.1) is 6.92 Å². The first-order valence-electron chi connectivity index (χ1n) is 12.8. The molecule has 2 fully saturated rings. The minimum absolute atomic E-state index is 0.00301. The van der Waals surface area contributed by atoms with Crippen molar-refractivity contribution in [3.8, 4) is 0 Å². The molecule has 39 heavy (non-hydrogen) atoms. The predicted molar refractivity (Wildman–Crippen MR) is 140 cm³/mol. The molecular formula is C28H35NO9S.